The topological polar surface area (TPSA) is 58.6 Å². The number of hydrogen-bond donors (Lipinski definition) is 1. The highest BCUT2D eigenvalue weighted by Gasteiger charge is 2.35. The zero-order valence-corrected chi connectivity index (χ0v) is 18.7. The molecule has 1 heterocycles. The monoisotopic (exact) mass is 462 g/mol. The Morgan fingerprint density at radius 1 is 1.03 bits per heavy atom. The molecule has 5 nitrogen and oxygen atoms in total. The Kier molecular flexibility index (Phi) is 5.77. The van der Waals surface area contributed by atoms with Crippen molar-refractivity contribution in [2.24, 2.45) is 0 Å². The van der Waals surface area contributed by atoms with Crippen molar-refractivity contribution in [3.05, 3.63) is 94.6 Å². The number of amides is 2. The number of carbonyl (C=O) groups is 2. The van der Waals surface area contributed by atoms with Gasteiger partial charge in [0.2, 0.25) is 0 Å². The molecule has 3 aromatic rings. The van der Waals surface area contributed by atoms with Crippen LogP contribution in [0.3, 0.4) is 0 Å². The van der Waals surface area contributed by atoms with Gasteiger partial charge in [0, 0.05) is 11.3 Å². The number of halogens is 2. The molecule has 34 heavy (non-hydrogen) atoms. The van der Waals surface area contributed by atoms with Crippen LogP contribution in [0.1, 0.15) is 52.9 Å². The van der Waals surface area contributed by atoms with E-state index in [0.29, 0.717) is 23.5 Å². The maximum atomic E-state index is 14.0. The summed E-state index contributed by atoms with van der Waals surface area (Å²) in [5.74, 6) is -2.30. The van der Waals surface area contributed by atoms with E-state index in [2.05, 4.69) is 17.4 Å². The molecule has 3 aromatic carbocycles. The van der Waals surface area contributed by atoms with E-state index < -0.39 is 29.2 Å². The Labute approximate surface area is 196 Å². The number of rotatable bonds is 3. The summed E-state index contributed by atoms with van der Waals surface area (Å²) in [6, 6.07) is 16.4. The number of aryl methyl sites for hydroxylation is 1. The smallest absolute Gasteiger partial charge is 0.264 e. The van der Waals surface area contributed by atoms with Crippen LogP contribution in [0.15, 0.2) is 60.7 Å². The Morgan fingerprint density at radius 3 is 2.59 bits per heavy atom. The van der Waals surface area contributed by atoms with Crippen LogP contribution in [0.2, 0.25) is 0 Å². The lowest BCUT2D eigenvalue weighted by atomic mass is 9.86. The highest BCUT2D eigenvalue weighted by Crippen LogP contribution is 2.38. The number of ether oxygens (including phenoxy) is 1. The number of hydrogen-bond acceptors (Lipinski definition) is 3. The summed E-state index contributed by atoms with van der Waals surface area (Å²) in [5.41, 5.74) is 2.83. The summed E-state index contributed by atoms with van der Waals surface area (Å²) >= 11 is 0. The summed E-state index contributed by atoms with van der Waals surface area (Å²) in [6.45, 7) is 2.03. The first-order chi connectivity index (χ1) is 16.4. The van der Waals surface area contributed by atoms with E-state index in [0.717, 1.165) is 37.0 Å². The summed E-state index contributed by atoms with van der Waals surface area (Å²) in [7, 11) is 0. The third-order valence-corrected chi connectivity index (χ3v) is 6.50. The van der Waals surface area contributed by atoms with E-state index in [1.165, 1.54) is 11.6 Å². The molecule has 2 unspecified atom stereocenters. The highest BCUT2D eigenvalue weighted by molar-refractivity contribution is 6.04. The van der Waals surface area contributed by atoms with Gasteiger partial charge in [-0.2, -0.15) is 0 Å². The van der Waals surface area contributed by atoms with E-state index in [1.807, 2.05) is 17.0 Å². The minimum atomic E-state index is -0.933. The van der Waals surface area contributed by atoms with Gasteiger partial charge in [0.05, 0.1) is 12.6 Å². The Bertz CT molecular complexity index is 1260. The minimum Gasteiger partial charge on any atom is -0.481 e. The van der Waals surface area contributed by atoms with Crippen LogP contribution in [0.5, 0.6) is 5.75 Å². The second kappa shape index (κ2) is 8.89. The Morgan fingerprint density at radius 2 is 1.79 bits per heavy atom. The normalized spacial score (nSPS) is 19.5. The van der Waals surface area contributed by atoms with Crippen LogP contribution < -0.4 is 10.1 Å². The van der Waals surface area contributed by atoms with Crippen LogP contribution in [0.4, 0.5) is 14.5 Å². The summed E-state index contributed by atoms with van der Waals surface area (Å²) in [6.07, 6.45) is 2.16. The molecule has 2 amide bonds. The Balaban J connectivity index is 1.46. The number of anilines is 1. The van der Waals surface area contributed by atoms with Crippen LogP contribution in [-0.2, 0) is 17.8 Å². The molecular weight excluding hydrogens is 438 g/mol. The average molecular weight is 462 g/mol. The predicted molar refractivity (Wildman–Crippen MR) is 124 cm³/mol. The molecule has 2 aliphatic rings. The molecule has 0 saturated carbocycles. The van der Waals surface area contributed by atoms with E-state index in [9.17, 15) is 18.4 Å². The van der Waals surface area contributed by atoms with Gasteiger partial charge in [0.25, 0.3) is 11.8 Å². The first-order valence-electron chi connectivity index (χ1n) is 11.4. The number of fused-ring (bicyclic) bond motifs is 2. The molecule has 0 aromatic heterocycles. The summed E-state index contributed by atoms with van der Waals surface area (Å²) in [4.78, 5) is 27.7. The van der Waals surface area contributed by atoms with Gasteiger partial charge in [-0.25, -0.2) is 8.78 Å². The fourth-order valence-electron chi connectivity index (χ4n) is 4.86. The quantitative estimate of drug-likeness (QED) is 0.567. The fraction of sp³-hybridized carbons (Fsp3) is 0.259. The SMILES string of the molecule is CC1Oc2ccc(NC(=O)c3c(F)cccc3F)cc2CN(C2CCCc3ccccc32)C1=O. The zero-order chi connectivity index (χ0) is 23.8. The van der Waals surface area contributed by atoms with Crippen molar-refractivity contribution in [3.8, 4) is 5.75 Å². The summed E-state index contributed by atoms with van der Waals surface area (Å²) in [5, 5.41) is 2.56. The molecule has 0 fully saturated rings. The summed E-state index contributed by atoms with van der Waals surface area (Å²) < 4.78 is 34.0. The molecule has 0 radical (unpaired) electrons. The van der Waals surface area contributed by atoms with Crippen molar-refractivity contribution < 1.29 is 23.1 Å². The van der Waals surface area contributed by atoms with Gasteiger partial charge in [-0.1, -0.05) is 30.3 Å². The van der Waals surface area contributed by atoms with E-state index in [1.54, 1.807) is 25.1 Å². The van der Waals surface area contributed by atoms with Crippen molar-refractivity contribution in [1.82, 2.24) is 4.90 Å². The maximum absolute atomic E-state index is 14.0. The van der Waals surface area contributed by atoms with Crippen molar-refractivity contribution in [1.29, 1.82) is 0 Å². The number of nitrogens with zero attached hydrogens (tertiary/aromatic N) is 1. The first-order valence-corrected chi connectivity index (χ1v) is 11.4. The van der Waals surface area contributed by atoms with Crippen molar-refractivity contribution in [2.45, 2.75) is 44.9 Å². The van der Waals surface area contributed by atoms with Gasteiger partial charge in [0.15, 0.2) is 6.10 Å². The van der Waals surface area contributed by atoms with Crippen LogP contribution >= 0.6 is 0 Å². The lowest BCUT2D eigenvalue weighted by Crippen LogP contribution is -2.41. The lowest BCUT2D eigenvalue weighted by molar-refractivity contribution is -0.140. The zero-order valence-electron chi connectivity index (χ0n) is 18.7. The lowest BCUT2D eigenvalue weighted by Gasteiger charge is -2.35. The molecule has 1 aliphatic heterocycles. The largest absolute Gasteiger partial charge is 0.481 e. The highest BCUT2D eigenvalue weighted by atomic mass is 19.1. The Hall–Kier alpha value is -3.74. The van der Waals surface area contributed by atoms with Gasteiger partial charge in [-0.05, 0) is 67.6 Å². The molecule has 2 atom stereocenters. The molecular formula is C27H24F2N2O3. The molecule has 0 spiro atoms. The molecule has 1 aliphatic carbocycles. The third kappa shape index (κ3) is 4.02. The van der Waals surface area contributed by atoms with Crippen molar-refractivity contribution in [3.63, 3.8) is 0 Å². The maximum Gasteiger partial charge on any atom is 0.264 e. The third-order valence-electron chi connectivity index (χ3n) is 6.50. The van der Waals surface area contributed by atoms with Crippen LogP contribution in [0, 0.1) is 11.6 Å². The van der Waals surface area contributed by atoms with E-state index in [-0.39, 0.29) is 11.9 Å². The molecule has 174 valence electrons. The minimum absolute atomic E-state index is 0.0693. The van der Waals surface area contributed by atoms with Gasteiger partial charge in [-0.3, -0.25) is 9.59 Å². The average Bonchev–Trinajstić information content (AvgIpc) is 2.94. The molecule has 5 rings (SSSR count). The van der Waals surface area contributed by atoms with Crippen molar-refractivity contribution >= 4 is 17.5 Å². The standard InChI is InChI=1S/C27H24F2N2O3/c1-16-27(33)31(23-11-4-7-17-6-2-3-8-20(17)23)15-18-14-19(12-13-24(18)34-16)30-26(32)25-21(28)9-5-10-22(25)29/h2-3,5-6,8-10,12-14,16,23H,4,7,11,15H2,1H3,(H,30,32). The second-order valence-electron chi connectivity index (χ2n) is 8.71. The molecule has 0 saturated heterocycles. The first kappa shape index (κ1) is 22.1. The number of benzene rings is 3. The number of nitrogens with one attached hydrogen (secondary N) is 1. The van der Waals surface area contributed by atoms with Gasteiger partial charge >= 0.3 is 0 Å². The second-order valence-corrected chi connectivity index (χ2v) is 8.71. The van der Waals surface area contributed by atoms with Gasteiger partial charge in [-0.15, -0.1) is 0 Å². The predicted octanol–water partition coefficient (Wildman–Crippen LogP) is 5.40. The van der Waals surface area contributed by atoms with E-state index >= 15 is 0 Å². The van der Waals surface area contributed by atoms with Crippen LogP contribution in [0.25, 0.3) is 0 Å². The van der Waals surface area contributed by atoms with Crippen molar-refractivity contribution in [2.75, 3.05) is 5.32 Å². The van der Waals surface area contributed by atoms with Gasteiger partial charge < -0.3 is 15.0 Å². The van der Waals surface area contributed by atoms with Gasteiger partial charge in [0.1, 0.15) is 22.9 Å². The fourth-order valence-corrected chi connectivity index (χ4v) is 4.86. The molecule has 0 bridgehead atoms. The van der Waals surface area contributed by atoms with Crippen LogP contribution in [-0.4, -0.2) is 22.8 Å². The molecule has 1 N–H and O–H groups in total. The molecule has 7 heteroatoms. The van der Waals surface area contributed by atoms with E-state index in [4.69, 9.17) is 4.74 Å². The number of carbonyl (C=O) groups excluding carboxylic acids is 2.